The topological polar surface area (TPSA) is 52.5 Å². The number of benzene rings is 1. The molecule has 1 aromatic carbocycles. The zero-order chi connectivity index (χ0) is 19.1. The molecule has 0 aliphatic rings. The first kappa shape index (κ1) is 19.8. The van der Waals surface area contributed by atoms with Gasteiger partial charge in [-0.3, -0.25) is 0 Å². The van der Waals surface area contributed by atoms with Crippen molar-refractivity contribution in [2.24, 2.45) is 0 Å². The number of hydrogen-bond donors (Lipinski definition) is 3. The zero-order valence-electron chi connectivity index (χ0n) is 15.3. The third kappa shape index (κ3) is 5.53. The van der Waals surface area contributed by atoms with Crippen LogP contribution in [-0.2, 0) is 0 Å². The van der Waals surface area contributed by atoms with Gasteiger partial charge in [0, 0.05) is 6.04 Å². The Morgan fingerprint density at radius 2 is 1.67 bits per heavy atom. The summed E-state index contributed by atoms with van der Waals surface area (Å²) in [5.74, 6) is 0.213. The van der Waals surface area contributed by atoms with E-state index in [1.807, 2.05) is 6.92 Å². The number of aliphatic hydroxyl groups is 1. The van der Waals surface area contributed by atoms with Gasteiger partial charge < -0.3 is 15.5 Å². The highest BCUT2D eigenvalue weighted by molar-refractivity contribution is 7.08. The second kappa shape index (κ2) is 9.85. The van der Waals surface area contributed by atoms with Gasteiger partial charge in [0.15, 0.2) is 0 Å². The summed E-state index contributed by atoms with van der Waals surface area (Å²) in [6.45, 7) is 2.82. The van der Waals surface area contributed by atoms with Gasteiger partial charge in [0.25, 0.3) is 0 Å². The van der Waals surface area contributed by atoms with E-state index in [9.17, 15) is 10.2 Å². The number of rotatable bonds is 9. The Balaban J connectivity index is 1.50. The summed E-state index contributed by atoms with van der Waals surface area (Å²) in [4.78, 5) is 0. The second-order valence-corrected chi connectivity index (χ2v) is 8.12. The molecule has 5 heteroatoms. The standard InChI is InChI=1S/C22H25NO2S2/c1-16(22(25)17-5-7-20(24)8-6-17)23-11-3-2-4-21(18-9-12-26-14-18)19-10-13-27-15-19/h4-10,12-16,22-25H,2-3,11H2,1H3. The van der Waals surface area contributed by atoms with Crippen molar-refractivity contribution in [2.75, 3.05) is 6.54 Å². The highest BCUT2D eigenvalue weighted by atomic mass is 32.1. The molecule has 3 nitrogen and oxygen atoms in total. The molecule has 2 aromatic heterocycles. The smallest absolute Gasteiger partial charge is 0.115 e. The van der Waals surface area contributed by atoms with Crippen LogP contribution in [-0.4, -0.2) is 22.8 Å². The molecular formula is C22H25NO2S2. The Hall–Kier alpha value is -1.92. The maximum absolute atomic E-state index is 10.4. The number of allylic oxidation sites excluding steroid dienone is 1. The molecule has 0 saturated heterocycles. The Bertz CT molecular complexity index is 788. The fourth-order valence-corrected chi connectivity index (χ4v) is 4.30. The number of thiophene rings is 2. The molecule has 2 heterocycles. The van der Waals surface area contributed by atoms with E-state index in [2.05, 4.69) is 45.0 Å². The lowest BCUT2D eigenvalue weighted by molar-refractivity contribution is 0.136. The summed E-state index contributed by atoms with van der Waals surface area (Å²) in [6, 6.07) is 11.0. The van der Waals surface area contributed by atoms with E-state index in [0.29, 0.717) is 0 Å². The van der Waals surface area contributed by atoms with E-state index in [1.165, 1.54) is 16.7 Å². The maximum Gasteiger partial charge on any atom is 0.115 e. The van der Waals surface area contributed by atoms with Crippen molar-refractivity contribution in [3.8, 4) is 5.75 Å². The molecule has 0 aliphatic carbocycles. The molecule has 27 heavy (non-hydrogen) atoms. The van der Waals surface area contributed by atoms with Gasteiger partial charge in [-0.1, -0.05) is 18.2 Å². The normalized spacial score (nSPS) is 13.3. The van der Waals surface area contributed by atoms with Crippen molar-refractivity contribution < 1.29 is 10.2 Å². The maximum atomic E-state index is 10.4. The number of aliphatic hydroxyl groups excluding tert-OH is 1. The average Bonchev–Trinajstić information content (AvgIpc) is 3.38. The molecule has 0 saturated carbocycles. The first-order valence-corrected chi connectivity index (χ1v) is 11.0. The number of unbranched alkanes of at least 4 members (excludes halogenated alkanes) is 1. The predicted molar refractivity (Wildman–Crippen MR) is 115 cm³/mol. The minimum absolute atomic E-state index is 0.0493. The molecular weight excluding hydrogens is 374 g/mol. The third-order valence-corrected chi connectivity index (χ3v) is 5.93. The van der Waals surface area contributed by atoms with Crippen LogP contribution >= 0.6 is 22.7 Å². The largest absolute Gasteiger partial charge is 0.508 e. The highest BCUT2D eigenvalue weighted by Gasteiger charge is 2.15. The highest BCUT2D eigenvalue weighted by Crippen LogP contribution is 2.27. The van der Waals surface area contributed by atoms with Gasteiger partial charge in [0.05, 0.1) is 6.10 Å². The number of aromatic hydroxyl groups is 1. The van der Waals surface area contributed by atoms with Crippen LogP contribution in [0.15, 0.2) is 64.0 Å². The molecule has 3 N–H and O–H groups in total. The van der Waals surface area contributed by atoms with E-state index >= 15 is 0 Å². The van der Waals surface area contributed by atoms with Crippen molar-refractivity contribution in [1.29, 1.82) is 0 Å². The van der Waals surface area contributed by atoms with Crippen molar-refractivity contribution in [1.82, 2.24) is 5.32 Å². The van der Waals surface area contributed by atoms with Crippen LogP contribution in [0.1, 0.15) is 42.6 Å². The van der Waals surface area contributed by atoms with Crippen molar-refractivity contribution in [3.05, 3.63) is 80.7 Å². The van der Waals surface area contributed by atoms with E-state index in [-0.39, 0.29) is 11.8 Å². The summed E-state index contributed by atoms with van der Waals surface area (Å²) in [6.07, 6.45) is 3.71. The SMILES string of the molecule is CC(NCCCC=C(c1ccsc1)c1ccsc1)C(O)c1ccc(O)cc1. The molecule has 0 radical (unpaired) electrons. The van der Waals surface area contributed by atoms with Crippen LogP contribution in [0.3, 0.4) is 0 Å². The Kier molecular flexibility index (Phi) is 7.24. The summed E-state index contributed by atoms with van der Waals surface area (Å²) < 4.78 is 0. The van der Waals surface area contributed by atoms with E-state index in [1.54, 1.807) is 46.9 Å². The molecule has 0 bridgehead atoms. The van der Waals surface area contributed by atoms with E-state index in [0.717, 1.165) is 24.9 Å². The van der Waals surface area contributed by atoms with Gasteiger partial charge >= 0.3 is 0 Å². The third-order valence-electron chi connectivity index (χ3n) is 4.57. The van der Waals surface area contributed by atoms with Crippen LogP contribution in [0.2, 0.25) is 0 Å². The summed E-state index contributed by atoms with van der Waals surface area (Å²) in [7, 11) is 0. The van der Waals surface area contributed by atoms with Gasteiger partial charge in [-0.05, 0) is 94.4 Å². The molecule has 2 atom stereocenters. The number of phenols is 1. The van der Waals surface area contributed by atoms with Gasteiger partial charge in [0.2, 0.25) is 0 Å². The predicted octanol–water partition coefficient (Wildman–Crippen LogP) is 5.44. The van der Waals surface area contributed by atoms with Crippen molar-refractivity contribution >= 4 is 28.2 Å². The summed E-state index contributed by atoms with van der Waals surface area (Å²) in [5.41, 5.74) is 4.67. The van der Waals surface area contributed by atoms with Crippen LogP contribution in [0.25, 0.3) is 5.57 Å². The molecule has 0 aliphatic heterocycles. The van der Waals surface area contributed by atoms with E-state index < -0.39 is 6.10 Å². The van der Waals surface area contributed by atoms with Gasteiger partial charge in [0.1, 0.15) is 5.75 Å². The Morgan fingerprint density at radius 3 is 2.22 bits per heavy atom. The average molecular weight is 400 g/mol. The van der Waals surface area contributed by atoms with Gasteiger partial charge in [-0.2, -0.15) is 22.7 Å². The van der Waals surface area contributed by atoms with Crippen LogP contribution < -0.4 is 5.32 Å². The minimum Gasteiger partial charge on any atom is -0.508 e. The first-order chi connectivity index (χ1) is 13.1. The van der Waals surface area contributed by atoms with Crippen LogP contribution in [0.4, 0.5) is 0 Å². The molecule has 0 spiro atoms. The molecule has 0 amide bonds. The first-order valence-electron chi connectivity index (χ1n) is 9.11. The Labute approximate surface area is 168 Å². The van der Waals surface area contributed by atoms with E-state index in [4.69, 9.17) is 0 Å². The molecule has 142 valence electrons. The van der Waals surface area contributed by atoms with Crippen LogP contribution in [0, 0.1) is 0 Å². The summed E-state index contributed by atoms with van der Waals surface area (Å²) in [5, 5.41) is 31.8. The Morgan fingerprint density at radius 1 is 1.04 bits per heavy atom. The lowest BCUT2D eigenvalue weighted by Gasteiger charge is -2.20. The molecule has 0 fully saturated rings. The second-order valence-electron chi connectivity index (χ2n) is 6.56. The minimum atomic E-state index is -0.590. The lowest BCUT2D eigenvalue weighted by atomic mass is 10.0. The number of phenolic OH excluding ortho intramolecular Hbond substituents is 1. The molecule has 2 unspecified atom stereocenters. The lowest BCUT2D eigenvalue weighted by Crippen LogP contribution is -2.32. The fourth-order valence-electron chi connectivity index (χ4n) is 2.99. The number of nitrogens with one attached hydrogen (secondary N) is 1. The quantitative estimate of drug-likeness (QED) is 0.420. The fraction of sp³-hybridized carbons (Fsp3) is 0.273. The zero-order valence-corrected chi connectivity index (χ0v) is 17.0. The monoisotopic (exact) mass is 399 g/mol. The summed E-state index contributed by atoms with van der Waals surface area (Å²) >= 11 is 3.44. The molecule has 3 rings (SSSR count). The molecule has 3 aromatic rings. The van der Waals surface area contributed by atoms with Crippen molar-refractivity contribution in [2.45, 2.75) is 31.9 Å². The van der Waals surface area contributed by atoms with Gasteiger partial charge in [-0.25, -0.2) is 0 Å². The van der Waals surface area contributed by atoms with Crippen LogP contribution in [0.5, 0.6) is 5.75 Å². The van der Waals surface area contributed by atoms with Crippen molar-refractivity contribution in [3.63, 3.8) is 0 Å². The van der Waals surface area contributed by atoms with Gasteiger partial charge in [-0.15, -0.1) is 0 Å². The number of hydrogen-bond acceptors (Lipinski definition) is 5.